The molecule has 1 N–H and O–H groups in total. The Balaban J connectivity index is 1.52. The van der Waals surface area contributed by atoms with Crippen molar-refractivity contribution in [2.75, 3.05) is 45.2 Å². The number of nitrogens with one attached hydrogen (secondary N) is 1. The summed E-state index contributed by atoms with van der Waals surface area (Å²) < 4.78 is 2.27. The zero-order valence-corrected chi connectivity index (χ0v) is 17.0. The maximum absolute atomic E-state index is 12.6. The first kappa shape index (κ1) is 19.1. The molecule has 1 saturated heterocycles. The minimum absolute atomic E-state index is 0.00127. The number of hydrogen-bond acceptors (Lipinski definition) is 6. The highest BCUT2D eigenvalue weighted by Crippen LogP contribution is 2.29. The zero-order valence-electron chi connectivity index (χ0n) is 17.0. The van der Waals surface area contributed by atoms with E-state index in [4.69, 9.17) is 4.98 Å². The molecule has 28 heavy (non-hydrogen) atoms. The van der Waals surface area contributed by atoms with Gasteiger partial charge >= 0.3 is 0 Å². The topological polar surface area (TPSA) is 79.2 Å². The normalized spacial score (nSPS) is 20.2. The van der Waals surface area contributed by atoms with Crippen molar-refractivity contribution in [2.45, 2.75) is 45.1 Å². The van der Waals surface area contributed by atoms with Crippen LogP contribution in [0.4, 0.5) is 5.82 Å². The lowest BCUT2D eigenvalue weighted by Crippen LogP contribution is -2.44. The number of rotatable bonds is 5. The number of likely N-dealkylation sites (N-methyl/N-ethyl adjacent to an activating group) is 1. The minimum atomic E-state index is 0.00127. The van der Waals surface area contributed by atoms with Crippen LogP contribution in [-0.4, -0.2) is 70.6 Å². The first-order chi connectivity index (χ1) is 13.6. The van der Waals surface area contributed by atoms with Crippen LogP contribution in [0.15, 0.2) is 6.33 Å². The Labute approximate surface area is 166 Å². The molecule has 4 rings (SSSR count). The van der Waals surface area contributed by atoms with Crippen LogP contribution in [-0.2, 0) is 17.8 Å². The summed E-state index contributed by atoms with van der Waals surface area (Å²) in [6.45, 7) is 4.14. The largest absolute Gasteiger partial charge is 0.355 e. The average molecular weight is 386 g/mol. The van der Waals surface area contributed by atoms with Gasteiger partial charge in [0.05, 0.1) is 5.92 Å². The number of nitrogens with zero attached hydrogens (tertiary/aromatic N) is 6. The highest BCUT2D eigenvalue weighted by atomic mass is 16.1. The summed E-state index contributed by atoms with van der Waals surface area (Å²) in [7, 11) is 4.03. The molecule has 0 spiro atoms. The molecule has 1 atom stereocenters. The Morgan fingerprint density at radius 1 is 1.21 bits per heavy atom. The molecular formula is C20H31N7O. The molecule has 1 fully saturated rings. The van der Waals surface area contributed by atoms with Gasteiger partial charge in [-0.15, -0.1) is 0 Å². The number of amides is 1. The van der Waals surface area contributed by atoms with Crippen LogP contribution >= 0.6 is 0 Å². The molecule has 0 aliphatic carbocycles. The second kappa shape index (κ2) is 8.43. The summed E-state index contributed by atoms with van der Waals surface area (Å²) in [5.74, 6) is 2.17. The van der Waals surface area contributed by atoms with E-state index in [1.165, 1.54) is 19.3 Å². The third kappa shape index (κ3) is 3.97. The molecule has 2 aromatic heterocycles. The average Bonchev–Trinajstić information content (AvgIpc) is 2.89. The summed E-state index contributed by atoms with van der Waals surface area (Å²) in [6.07, 6.45) is 8.19. The second-order valence-corrected chi connectivity index (χ2v) is 8.24. The van der Waals surface area contributed by atoms with Crippen LogP contribution in [0, 0.1) is 5.92 Å². The Kier molecular flexibility index (Phi) is 5.75. The van der Waals surface area contributed by atoms with Gasteiger partial charge in [0.2, 0.25) is 5.91 Å². The van der Waals surface area contributed by atoms with Gasteiger partial charge in [-0.3, -0.25) is 4.79 Å². The van der Waals surface area contributed by atoms with E-state index < -0.39 is 0 Å². The van der Waals surface area contributed by atoms with E-state index in [0.717, 1.165) is 61.7 Å². The summed E-state index contributed by atoms with van der Waals surface area (Å²) >= 11 is 0. The van der Waals surface area contributed by atoms with Gasteiger partial charge in [0.15, 0.2) is 17.0 Å². The Bertz CT molecular complexity index is 831. The molecule has 152 valence electrons. The van der Waals surface area contributed by atoms with Crippen molar-refractivity contribution in [3.05, 3.63) is 12.2 Å². The molecule has 2 aliphatic rings. The van der Waals surface area contributed by atoms with E-state index >= 15 is 0 Å². The number of aromatic nitrogens is 4. The fourth-order valence-corrected chi connectivity index (χ4v) is 4.29. The van der Waals surface area contributed by atoms with Gasteiger partial charge in [-0.25, -0.2) is 15.0 Å². The fraction of sp³-hybridized carbons (Fsp3) is 0.700. The van der Waals surface area contributed by atoms with Crippen LogP contribution < -0.4 is 10.2 Å². The molecule has 8 heteroatoms. The van der Waals surface area contributed by atoms with Crippen molar-refractivity contribution in [1.29, 1.82) is 0 Å². The van der Waals surface area contributed by atoms with Gasteiger partial charge in [0.1, 0.15) is 12.2 Å². The van der Waals surface area contributed by atoms with E-state index in [0.29, 0.717) is 13.1 Å². The van der Waals surface area contributed by atoms with E-state index in [1.54, 1.807) is 6.33 Å². The van der Waals surface area contributed by atoms with Gasteiger partial charge in [0.25, 0.3) is 0 Å². The van der Waals surface area contributed by atoms with Gasteiger partial charge in [-0.1, -0.05) is 6.42 Å². The monoisotopic (exact) mass is 385 g/mol. The summed E-state index contributed by atoms with van der Waals surface area (Å²) in [5.41, 5.74) is 1.84. The summed E-state index contributed by atoms with van der Waals surface area (Å²) in [6, 6.07) is 0. The quantitative estimate of drug-likeness (QED) is 0.839. The third-order valence-electron chi connectivity index (χ3n) is 5.82. The van der Waals surface area contributed by atoms with Crippen molar-refractivity contribution >= 4 is 22.9 Å². The number of fused-ring (bicyclic) bond motifs is 3. The van der Waals surface area contributed by atoms with Crippen molar-refractivity contribution in [1.82, 2.24) is 29.7 Å². The minimum Gasteiger partial charge on any atom is -0.355 e. The second-order valence-electron chi connectivity index (χ2n) is 8.24. The standard InChI is InChI=1S/C20H31N7O/c1-25(2)12-9-21-20(28)15-7-6-10-26(13-15)18-17-19(23-14-22-18)27-11-5-3-4-8-16(27)24-17/h14-15H,3-13H2,1-2H3,(H,21,28)/t15-/m1/s1. The van der Waals surface area contributed by atoms with Gasteiger partial charge in [-0.05, 0) is 39.8 Å². The first-order valence-electron chi connectivity index (χ1n) is 10.5. The van der Waals surface area contributed by atoms with E-state index in [1.807, 2.05) is 14.1 Å². The molecule has 0 bridgehead atoms. The van der Waals surface area contributed by atoms with Gasteiger partial charge in [-0.2, -0.15) is 0 Å². The summed E-state index contributed by atoms with van der Waals surface area (Å²) in [5, 5.41) is 3.08. The molecule has 1 amide bonds. The van der Waals surface area contributed by atoms with E-state index in [9.17, 15) is 4.79 Å². The Hall–Kier alpha value is -2.22. The van der Waals surface area contributed by atoms with Crippen LogP contribution in [0.25, 0.3) is 11.2 Å². The van der Waals surface area contributed by atoms with E-state index in [-0.39, 0.29) is 11.8 Å². The van der Waals surface area contributed by atoms with Crippen LogP contribution in [0.5, 0.6) is 0 Å². The number of carbonyl (C=O) groups is 1. The van der Waals surface area contributed by atoms with Crippen molar-refractivity contribution in [3.63, 3.8) is 0 Å². The number of hydrogen-bond donors (Lipinski definition) is 1. The smallest absolute Gasteiger partial charge is 0.224 e. The van der Waals surface area contributed by atoms with Gasteiger partial charge < -0.3 is 19.7 Å². The molecule has 2 aromatic rings. The first-order valence-corrected chi connectivity index (χ1v) is 10.5. The number of carbonyl (C=O) groups excluding carboxylic acids is 1. The lowest BCUT2D eigenvalue weighted by Gasteiger charge is -2.32. The molecule has 2 aliphatic heterocycles. The lowest BCUT2D eigenvalue weighted by atomic mass is 9.97. The third-order valence-corrected chi connectivity index (χ3v) is 5.82. The number of anilines is 1. The Morgan fingerprint density at radius 2 is 2.11 bits per heavy atom. The van der Waals surface area contributed by atoms with Gasteiger partial charge in [0, 0.05) is 39.1 Å². The van der Waals surface area contributed by atoms with Crippen LogP contribution in [0.1, 0.15) is 37.9 Å². The van der Waals surface area contributed by atoms with Crippen molar-refractivity contribution < 1.29 is 4.79 Å². The molecule has 4 heterocycles. The van der Waals surface area contributed by atoms with Crippen molar-refractivity contribution in [3.8, 4) is 0 Å². The fourth-order valence-electron chi connectivity index (χ4n) is 4.29. The zero-order chi connectivity index (χ0) is 19.5. The number of piperidine rings is 1. The number of aryl methyl sites for hydroxylation is 2. The van der Waals surface area contributed by atoms with Crippen molar-refractivity contribution in [2.24, 2.45) is 5.92 Å². The molecule has 0 radical (unpaired) electrons. The Morgan fingerprint density at radius 3 is 2.96 bits per heavy atom. The van der Waals surface area contributed by atoms with Crippen LogP contribution in [0.2, 0.25) is 0 Å². The molecule has 0 saturated carbocycles. The molecule has 8 nitrogen and oxygen atoms in total. The van der Waals surface area contributed by atoms with E-state index in [2.05, 4.69) is 29.7 Å². The highest BCUT2D eigenvalue weighted by Gasteiger charge is 2.28. The predicted molar refractivity (Wildman–Crippen MR) is 109 cm³/mol. The predicted octanol–water partition coefficient (Wildman–Crippen LogP) is 1.45. The SMILES string of the molecule is CN(C)CCNC(=O)[C@@H]1CCCN(c2ncnc3c2nc2n3CCCCC2)C1. The highest BCUT2D eigenvalue weighted by molar-refractivity contribution is 5.85. The molecule has 0 unspecified atom stereocenters. The maximum Gasteiger partial charge on any atom is 0.224 e. The van der Waals surface area contributed by atoms with Crippen LogP contribution in [0.3, 0.4) is 0 Å². The summed E-state index contributed by atoms with van der Waals surface area (Å²) in [4.78, 5) is 31.0. The lowest BCUT2D eigenvalue weighted by molar-refractivity contribution is -0.125. The number of imidazole rings is 1. The molecule has 0 aromatic carbocycles. The molecular weight excluding hydrogens is 354 g/mol. The maximum atomic E-state index is 12.6.